The Morgan fingerprint density at radius 1 is 1.60 bits per heavy atom. The van der Waals surface area contributed by atoms with Gasteiger partial charge in [0.2, 0.25) is 0 Å². The van der Waals surface area contributed by atoms with Crippen molar-refractivity contribution in [1.29, 1.82) is 0 Å². The lowest BCUT2D eigenvalue weighted by atomic mass is 10.2. The molecule has 1 N–H and O–H groups in total. The van der Waals surface area contributed by atoms with Gasteiger partial charge in [0.25, 0.3) is 0 Å². The van der Waals surface area contributed by atoms with Gasteiger partial charge in [-0.1, -0.05) is 6.08 Å². The Balaban J connectivity index is 3.52. The minimum absolute atomic E-state index is 0.0885. The van der Waals surface area contributed by atoms with Crippen LogP contribution in [-0.2, 0) is 9.59 Å². The fourth-order valence-electron chi connectivity index (χ4n) is 0.471. The summed E-state index contributed by atoms with van der Waals surface area (Å²) in [6.45, 7) is 1.65. The van der Waals surface area contributed by atoms with Crippen LogP contribution in [0.1, 0.15) is 19.8 Å². The van der Waals surface area contributed by atoms with Crippen molar-refractivity contribution in [2.24, 2.45) is 0 Å². The molecular formula is C7H10O3. The summed E-state index contributed by atoms with van der Waals surface area (Å²) in [4.78, 5) is 19.9. The van der Waals surface area contributed by atoms with Crippen LogP contribution in [0.15, 0.2) is 11.6 Å². The van der Waals surface area contributed by atoms with Crippen LogP contribution < -0.4 is 0 Å². The highest BCUT2D eigenvalue weighted by Crippen LogP contribution is 1.94. The lowest BCUT2D eigenvalue weighted by molar-refractivity contribution is -0.136. The Hall–Kier alpha value is -1.12. The van der Waals surface area contributed by atoms with Gasteiger partial charge in [-0.15, -0.1) is 0 Å². The number of aliphatic carboxylic acids is 1. The molecule has 0 aromatic heterocycles. The molecule has 0 aliphatic heterocycles. The summed E-state index contributed by atoms with van der Waals surface area (Å²) < 4.78 is 0. The van der Waals surface area contributed by atoms with Gasteiger partial charge < -0.3 is 5.11 Å². The van der Waals surface area contributed by atoms with E-state index in [4.69, 9.17) is 5.11 Å². The fraction of sp³-hybridized carbons (Fsp3) is 0.429. The van der Waals surface area contributed by atoms with Crippen LogP contribution in [0.5, 0.6) is 0 Å². The molecule has 0 aliphatic rings. The maximum atomic E-state index is 9.96. The Kier molecular flexibility index (Phi) is 4.20. The number of hydrogen-bond acceptors (Lipinski definition) is 2. The van der Waals surface area contributed by atoms with Gasteiger partial charge in [0.15, 0.2) is 0 Å². The van der Waals surface area contributed by atoms with E-state index in [1.807, 2.05) is 0 Å². The highest BCUT2D eigenvalue weighted by molar-refractivity contribution is 5.72. The topological polar surface area (TPSA) is 54.4 Å². The van der Waals surface area contributed by atoms with E-state index in [9.17, 15) is 9.59 Å². The molecule has 56 valence electrons. The van der Waals surface area contributed by atoms with E-state index < -0.39 is 5.97 Å². The summed E-state index contributed by atoms with van der Waals surface area (Å²) in [7, 11) is 0. The highest BCUT2D eigenvalue weighted by Gasteiger charge is 1.92. The summed E-state index contributed by atoms with van der Waals surface area (Å²) in [5.41, 5.74) is 0.584. The second-order valence-corrected chi connectivity index (χ2v) is 2.00. The van der Waals surface area contributed by atoms with Crippen LogP contribution in [0, 0.1) is 0 Å². The molecule has 0 amide bonds. The number of carboxylic acids is 1. The molecular weight excluding hydrogens is 132 g/mol. The number of hydrogen-bond donors (Lipinski definition) is 1. The van der Waals surface area contributed by atoms with E-state index in [0.717, 1.165) is 0 Å². The standard InChI is InChI=1S/C7H10O3/c1-6(5-8)3-2-4-7(9)10/h3,5H,2,4H2,1H3,(H,9,10). The highest BCUT2D eigenvalue weighted by atomic mass is 16.4. The van der Waals surface area contributed by atoms with Gasteiger partial charge in [-0.25, -0.2) is 0 Å². The molecule has 0 unspecified atom stereocenters. The summed E-state index contributed by atoms with van der Waals surface area (Å²) in [6.07, 6.45) is 2.84. The van der Waals surface area contributed by atoms with Gasteiger partial charge in [-0.2, -0.15) is 0 Å². The monoisotopic (exact) mass is 142 g/mol. The molecule has 10 heavy (non-hydrogen) atoms. The molecule has 0 spiro atoms. The lowest BCUT2D eigenvalue weighted by Gasteiger charge is -1.87. The smallest absolute Gasteiger partial charge is 0.303 e. The number of carbonyl (C=O) groups excluding carboxylic acids is 1. The first kappa shape index (κ1) is 8.88. The minimum Gasteiger partial charge on any atom is -0.481 e. The molecule has 0 saturated heterocycles. The first-order valence-corrected chi connectivity index (χ1v) is 3.00. The van der Waals surface area contributed by atoms with E-state index >= 15 is 0 Å². The average Bonchev–Trinajstić information content (AvgIpc) is 1.87. The summed E-state index contributed by atoms with van der Waals surface area (Å²) in [6, 6.07) is 0. The van der Waals surface area contributed by atoms with Crippen molar-refractivity contribution in [2.75, 3.05) is 0 Å². The number of rotatable bonds is 4. The van der Waals surface area contributed by atoms with Gasteiger partial charge in [-0.05, 0) is 18.9 Å². The molecule has 0 rings (SSSR count). The van der Waals surface area contributed by atoms with Gasteiger partial charge in [-0.3, -0.25) is 9.59 Å². The van der Waals surface area contributed by atoms with Crippen LogP contribution in [0.4, 0.5) is 0 Å². The van der Waals surface area contributed by atoms with E-state index in [-0.39, 0.29) is 6.42 Å². The quantitative estimate of drug-likeness (QED) is 0.470. The van der Waals surface area contributed by atoms with E-state index in [0.29, 0.717) is 18.3 Å². The van der Waals surface area contributed by atoms with Crippen molar-refractivity contribution in [3.63, 3.8) is 0 Å². The summed E-state index contributed by atoms with van der Waals surface area (Å²) in [5, 5.41) is 8.18. The van der Waals surface area contributed by atoms with Crippen LogP contribution in [0.3, 0.4) is 0 Å². The summed E-state index contributed by atoms with van der Waals surface area (Å²) >= 11 is 0. The molecule has 0 saturated carbocycles. The molecule has 0 radical (unpaired) electrons. The first-order chi connectivity index (χ1) is 4.66. The van der Waals surface area contributed by atoms with Crippen molar-refractivity contribution in [1.82, 2.24) is 0 Å². The van der Waals surface area contributed by atoms with Crippen LogP contribution >= 0.6 is 0 Å². The number of allylic oxidation sites excluding steroid dienone is 2. The molecule has 0 aromatic carbocycles. The predicted molar refractivity (Wildman–Crippen MR) is 36.7 cm³/mol. The van der Waals surface area contributed by atoms with E-state index in [1.165, 1.54) is 0 Å². The van der Waals surface area contributed by atoms with Gasteiger partial charge in [0.05, 0.1) is 0 Å². The Morgan fingerprint density at radius 3 is 2.60 bits per heavy atom. The lowest BCUT2D eigenvalue weighted by Crippen LogP contribution is -1.92. The molecule has 0 aliphatic carbocycles. The Labute approximate surface area is 59.4 Å². The number of aldehydes is 1. The van der Waals surface area contributed by atoms with Crippen molar-refractivity contribution in [3.05, 3.63) is 11.6 Å². The maximum absolute atomic E-state index is 9.96. The number of carboxylic acid groups (broad SMARTS) is 1. The predicted octanol–water partition coefficient (Wildman–Crippen LogP) is 0.996. The van der Waals surface area contributed by atoms with Crippen molar-refractivity contribution in [3.8, 4) is 0 Å². The zero-order valence-electron chi connectivity index (χ0n) is 5.83. The summed E-state index contributed by atoms with van der Waals surface area (Å²) in [5.74, 6) is -0.838. The third-order valence-corrected chi connectivity index (χ3v) is 1.01. The average molecular weight is 142 g/mol. The second-order valence-electron chi connectivity index (χ2n) is 2.00. The zero-order valence-corrected chi connectivity index (χ0v) is 5.83. The molecule has 0 aromatic rings. The molecule has 3 heteroatoms. The van der Waals surface area contributed by atoms with Gasteiger partial charge in [0, 0.05) is 6.42 Å². The van der Waals surface area contributed by atoms with E-state index in [2.05, 4.69) is 0 Å². The first-order valence-electron chi connectivity index (χ1n) is 3.00. The van der Waals surface area contributed by atoms with Crippen LogP contribution in [0.25, 0.3) is 0 Å². The fourth-order valence-corrected chi connectivity index (χ4v) is 0.471. The maximum Gasteiger partial charge on any atom is 0.303 e. The molecule has 0 heterocycles. The van der Waals surface area contributed by atoms with Crippen molar-refractivity contribution >= 4 is 12.3 Å². The van der Waals surface area contributed by atoms with Crippen LogP contribution in [-0.4, -0.2) is 17.4 Å². The minimum atomic E-state index is -0.838. The third kappa shape index (κ3) is 5.03. The largest absolute Gasteiger partial charge is 0.481 e. The molecule has 0 atom stereocenters. The molecule has 3 nitrogen and oxygen atoms in total. The van der Waals surface area contributed by atoms with Gasteiger partial charge in [0.1, 0.15) is 6.29 Å². The SMILES string of the molecule is CC(C=O)=CCCC(=O)O. The zero-order chi connectivity index (χ0) is 7.98. The normalized spacial score (nSPS) is 11.1. The number of carbonyl (C=O) groups is 2. The van der Waals surface area contributed by atoms with Gasteiger partial charge >= 0.3 is 5.97 Å². The van der Waals surface area contributed by atoms with E-state index in [1.54, 1.807) is 13.0 Å². The Bertz CT molecular complexity index is 158. The Morgan fingerprint density at radius 2 is 2.20 bits per heavy atom. The van der Waals surface area contributed by atoms with Crippen LogP contribution in [0.2, 0.25) is 0 Å². The molecule has 0 bridgehead atoms. The third-order valence-electron chi connectivity index (χ3n) is 1.01. The van der Waals surface area contributed by atoms with Crippen molar-refractivity contribution in [2.45, 2.75) is 19.8 Å². The second kappa shape index (κ2) is 4.73. The van der Waals surface area contributed by atoms with Crippen molar-refractivity contribution < 1.29 is 14.7 Å². The molecule has 0 fully saturated rings.